The molecule has 0 spiro atoms. The van der Waals surface area contributed by atoms with Gasteiger partial charge in [0.2, 0.25) is 0 Å². The molecule has 0 aliphatic heterocycles. The number of aryl methyl sites for hydroxylation is 1. The van der Waals surface area contributed by atoms with Crippen LogP contribution in [0.1, 0.15) is 18.1 Å². The SMILES string of the molecule is Cc1cccc(/C=C/C(=O)O[C@@H](C)C(=O)Nc2c(Cl)cc(Cl)cc2Cl)c1. The number of hydrogen-bond donors (Lipinski definition) is 1. The topological polar surface area (TPSA) is 55.4 Å². The van der Waals surface area contributed by atoms with Crippen molar-refractivity contribution in [1.29, 1.82) is 0 Å². The number of halogens is 3. The van der Waals surface area contributed by atoms with Gasteiger partial charge in [-0.2, -0.15) is 0 Å². The van der Waals surface area contributed by atoms with Gasteiger partial charge in [-0.25, -0.2) is 4.79 Å². The van der Waals surface area contributed by atoms with Gasteiger partial charge in [-0.3, -0.25) is 4.79 Å². The van der Waals surface area contributed by atoms with Crippen molar-refractivity contribution >= 4 is 58.4 Å². The monoisotopic (exact) mass is 411 g/mol. The van der Waals surface area contributed by atoms with Crippen LogP contribution in [0.4, 0.5) is 5.69 Å². The van der Waals surface area contributed by atoms with Crippen LogP contribution in [0.15, 0.2) is 42.5 Å². The maximum Gasteiger partial charge on any atom is 0.331 e. The van der Waals surface area contributed by atoms with E-state index in [1.165, 1.54) is 25.1 Å². The van der Waals surface area contributed by atoms with Gasteiger partial charge in [-0.05, 0) is 37.6 Å². The fraction of sp³-hybridized carbons (Fsp3) is 0.158. The summed E-state index contributed by atoms with van der Waals surface area (Å²) in [5, 5.41) is 3.25. The average molecular weight is 413 g/mol. The molecule has 2 aromatic carbocycles. The molecule has 26 heavy (non-hydrogen) atoms. The third kappa shape index (κ3) is 5.77. The first-order chi connectivity index (χ1) is 12.3. The lowest BCUT2D eigenvalue weighted by atomic mass is 10.1. The molecule has 2 rings (SSSR count). The lowest BCUT2D eigenvalue weighted by molar-refractivity contribution is -0.148. The van der Waals surface area contributed by atoms with Crippen LogP contribution in [0.2, 0.25) is 15.1 Å². The summed E-state index contributed by atoms with van der Waals surface area (Å²) in [5.74, 6) is -1.20. The van der Waals surface area contributed by atoms with Crippen LogP contribution in [0.3, 0.4) is 0 Å². The minimum Gasteiger partial charge on any atom is -0.449 e. The number of nitrogens with one attached hydrogen (secondary N) is 1. The van der Waals surface area contributed by atoms with E-state index in [1.807, 2.05) is 31.2 Å². The number of hydrogen-bond acceptors (Lipinski definition) is 3. The second kappa shape index (κ2) is 9.08. The molecule has 0 unspecified atom stereocenters. The third-order valence-electron chi connectivity index (χ3n) is 3.37. The Balaban J connectivity index is 1.97. The average Bonchev–Trinajstić information content (AvgIpc) is 2.56. The zero-order valence-electron chi connectivity index (χ0n) is 14.1. The van der Waals surface area contributed by atoms with Gasteiger partial charge < -0.3 is 10.1 Å². The Morgan fingerprint density at radius 1 is 1.12 bits per heavy atom. The van der Waals surface area contributed by atoms with E-state index in [0.29, 0.717) is 5.02 Å². The molecule has 136 valence electrons. The number of amides is 1. The van der Waals surface area contributed by atoms with E-state index in [-0.39, 0.29) is 15.7 Å². The summed E-state index contributed by atoms with van der Waals surface area (Å²) in [7, 11) is 0. The Labute approximate surface area is 166 Å². The van der Waals surface area contributed by atoms with Crippen molar-refractivity contribution in [3.8, 4) is 0 Å². The van der Waals surface area contributed by atoms with Crippen molar-refractivity contribution in [2.45, 2.75) is 20.0 Å². The number of ether oxygens (including phenoxy) is 1. The second-order valence-electron chi connectivity index (χ2n) is 5.56. The summed E-state index contributed by atoms with van der Waals surface area (Å²) in [6.07, 6.45) is 1.85. The van der Waals surface area contributed by atoms with Crippen molar-refractivity contribution in [3.63, 3.8) is 0 Å². The van der Waals surface area contributed by atoms with Crippen LogP contribution in [0.25, 0.3) is 6.08 Å². The number of esters is 1. The van der Waals surface area contributed by atoms with E-state index in [2.05, 4.69) is 5.32 Å². The number of anilines is 1. The van der Waals surface area contributed by atoms with E-state index >= 15 is 0 Å². The Kier molecular flexibility index (Phi) is 7.09. The van der Waals surface area contributed by atoms with Crippen LogP contribution in [-0.2, 0) is 14.3 Å². The maximum absolute atomic E-state index is 12.2. The van der Waals surface area contributed by atoms with Gasteiger partial charge in [0.25, 0.3) is 5.91 Å². The summed E-state index contributed by atoms with van der Waals surface area (Å²) in [5.41, 5.74) is 2.14. The summed E-state index contributed by atoms with van der Waals surface area (Å²) in [6.45, 7) is 3.40. The van der Waals surface area contributed by atoms with Gasteiger partial charge in [0.05, 0.1) is 15.7 Å². The van der Waals surface area contributed by atoms with Crippen molar-refractivity contribution < 1.29 is 14.3 Å². The predicted molar refractivity (Wildman–Crippen MR) is 106 cm³/mol. The molecule has 0 fully saturated rings. The summed E-state index contributed by atoms with van der Waals surface area (Å²) >= 11 is 17.9. The lowest BCUT2D eigenvalue weighted by Crippen LogP contribution is -2.29. The Hall–Kier alpha value is -2.01. The van der Waals surface area contributed by atoms with Crippen LogP contribution in [0.5, 0.6) is 0 Å². The molecular formula is C19H16Cl3NO3. The highest BCUT2D eigenvalue weighted by molar-refractivity contribution is 6.42. The van der Waals surface area contributed by atoms with Gasteiger partial charge in [-0.1, -0.05) is 64.6 Å². The molecule has 0 radical (unpaired) electrons. The zero-order valence-corrected chi connectivity index (χ0v) is 16.3. The molecule has 4 nitrogen and oxygen atoms in total. The molecule has 1 atom stereocenters. The van der Waals surface area contributed by atoms with Gasteiger partial charge in [0.15, 0.2) is 6.10 Å². The Bertz CT molecular complexity index is 842. The fourth-order valence-corrected chi connectivity index (χ4v) is 3.00. The first kappa shape index (κ1) is 20.3. The van der Waals surface area contributed by atoms with Gasteiger partial charge >= 0.3 is 5.97 Å². The standard InChI is InChI=1S/C19H16Cl3NO3/c1-11-4-3-5-13(8-11)6-7-17(24)26-12(2)19(25)23-18-15(21)9-14(20)10-16(18)22/h3-10,12H,1-2H3,(H,23,25)/b7-6+/t12-/m0/s1. The fourth-order valence-electron chi connectivity index (χ4n) is 2.09. The summed E-state index contributed by atoms with van der Waals surface area (Å²) in [6, 6.07) is 10.5. The largest absolute Gasteiger partial charge is 0.449 e. The molecule has 0 aromatic heterocycles. The highest BCUT2D eigenvalue weighted by Crippen LogP contribution is 2.33. The van der Waals surface area contributed by atoms with Gasteiger partial charge in [0.1, 0.15) is 0 Å². The predicted octanol–water partition coefficient (Wildman–Crippen LogP) is 5.54. The van der Waals surface area contributed by atoms with Crippen LogP contribution in [-0.4, -0.2) is 18.0 Å². The summed E-state index contributed by atoms with van der Waals surface area (Å²) in [4.78, 5) is 24.1. The molecule has 1 N–H and O–H groups in total. The van der Waals surface area contributed by atoms with Gasteiger partial charge in [0, 0.05) is 11.1 Å². The van der Waals surface area contributed by atoms with Crippen molar-refractivity contribution in [2.75, 3.05) is 5.32 Å². The zero-order chi connectivity index (χ0) is 19.3. The van der Waals surface area contributed by atoms with Gasteiger partial charge in [-0.15, -0.1) is 0 Å². The van der Waals surface area contributed by atoms with Crippen molar-refractivity contribution in [2.24, 2.45) is 0 Å². The van der Waals surface area contributed by atoms with Crippen molar-refractivity contribution in [3.05, 3.63) is 68.7 Å². The molecule has 2 aromatic rings. The van der Waals surface area contributed by atoms with Crippen LogP contribution < -0.4 is 5.32 Å². The Morgan fingerprint density at radius 2 is 1.77 bits per heavy atom. The number of carbonyl (C=O) groups excluding carboxylic acids is 2. The van der Waals surface area contributed by atoms with Crippen LogP contribution in [0, 0.1) is 6.92 Å². The van der Waals surface area contributed by atoms with E-state index < -0.39 is 18.0 Å². The third-order valence-corrected chi connectivity index (χ3v) is 4.19. The molecule has 0 aliphatic carbocycles. The minimum absolute atomic E-state index is 0.189. The van der Waals surface area contributed by atoms with E-state index in [0.717, 1.165) is 11.1 Å². The molecule has 0 heterocycles. The molecule has 1 amide bonds. The minimum atomic E-state index is -1.03. The highest BCUT2D eigenvalue weighted by Gasteiger charge is 2.19. The molecular weight excluding hydrogens is 397 g/mol. The number of benzene rings is 2. The van der Waals surface area contributed by atoms with E-state index in [4.69, 9.17) is 39.5 Å². The number of rotatable bonds is 5. The molecule has 0 bridgehead atoms. The Morgan fingerprint density at radius 3 is 2.38 bits per heavy atom. The number of carbonyl (C=O) groups is 2. The van der Waals surface area contributed by atoms with E-state index in [9.17, 15) is 9.59 Å². The molecule has 0 saturated heterocycles. The normalized spacial score (nSPS) is 12.0. The lowest BCUT2D eigenvalue weighted by Gasteiger charge is -2.14. The van der Waals surface area contributed by atoms with E-state index in [1.54, 1.807) is 6.08 Å². The van der Waals surface area contributed by atoms with Crippen LogP contribution >= 0.6 is 34.8 Å². The molecule has 7 heteroatoms. The first-order valence-electron chi connectivity index (χ1n) is 7.67. The molecule has 0 saturated carbocycles. The summed E-state index contributed by atoms with van der Waals surface area (Å²) < 4.78 is 5.09. The molecule has 0 aliphatic rings. The quantitative estimate of drug-likeness (QED) is 0.518. The maximum atomic E-state index is 12.2. The van der Waals surface area contributed by atoms with Crippen molar-refractivity contribution in [1.82, 2.24) is 0 Å². The highest BCUT2D eigenvalue weighted by atomic mass is 35.5. The second-order valence-corrected chi connectivity index (χ2v) is 6.81. The smallest absolute Gasteiger partial charge is 0.331 e. The first-order valence-corrected chi connectivity index (χ1v) is 8.80.